The number of nitriles is 1. The summed E-state index contributed by atoms with van der Waals surface area (Å²) in [5.74, 6) is 0.0862. The van der Waals surface area contributed by atoms with Gasteiger partial charge >= 0.3 is 0 Å². The molecule has 0 saturated heterocycles. The zero-order valence-corrected chi connectivity index (χ0v) is 16.5. The number of amides is 1. The molecule has 1 aromatic carbocycles. The minimum Gasteiger partial charge on any atom is -0.493 e. The van der Waals surface area contributed by atoms with Crippen molar-refractivity contribution in [3.8, 4) is 28.9 Å². The smallest absolute Gasteiger partial charge is 0.252 e. The van der Waals surface area contributed by atoms with Gasteiger partial charge in [-0.1, -0.05) is 12.1 Å². The summed E-state index contributed by atoms with van der Waals surface area (Å²) in [5, 5.41) is 30.6. The lowest BCUT2D eigenvalue weighted by Gasteiger charge is -2.07. The molecule has 9 heteroatoms. The number of aryl methyl sites for hydroxylation is 1. The molecule has 9 nitrogen and oxygen atoms in total. The number of aromatic hydroxyl groups is 1. The van der Waals surface area contributed by atoms with Crippen LogP contribution in [0.2, 0.25) is 0 Å². The molecule has 3 heterocycles. The van der Waals surface area contributed by atoms with E-state index in [1.54, 1.807) is 42.6 Å². The van der Waals surface area contributed by atoms with Crippen molar-refractivity contribution in [2.75, 3.05) is 6.54 Å². The molecule has 0 saturated carbocycles. The number of aromatic nitrogens is 5. The highest BCUT2D eigenvalue weighted by atomic mass is 16.3. The zero-order valence-electron chi connectivity index (χ0n) is 16.5. The lowest BCUT2D eigenvalue weighted by molar-refractivity contribution is 0.0952. The Balaban J connectivity index is 1.40. The third-order valence-corrected chi connectivity index (χ3v) is 4.70. The second kappa shape index (κ2) is 8.92. The second-order valence-corrected chi connectivity index (χ2v) is 6.77. The Hall–Kier alpha value is -4.45. The number of nitrogens with zero attached hydrogens (tertiary/aromatic N) is 6. The topological polar surface area (TPSA) is 122 Å². The maximum Gasteiger partial charge on any atom is 0.252 e. The number of hydrogen-bond donors (Lipinski definition) is 2. The number of pyridine rings is 1. The first kappa shape index (κ1) is 19.8. The summed E-state index contributed by atoms with van der Waals surface area (Å²) in [6.45, 7) is 1.25. The van der Waals surface area contributed by atoms with Crippen molar-refractivity contribution in [1.82, 2.24) is 29.9 Å². The van der Waals surface area contributed by atoms with E-state index in [0.29, 0.717) is 29.1 Å². The van der Waals surface area contributed by atoms with Crippen LogP contribution in [0.5, 0.6) is 5.88 Å². The average molecular weight is 413 g/mol. The first-order chi connectivity index (χ1) is 15.2. The normalized spacial score (nSPS) is 10.5. The standard InChI is InChI=1S/C22H19N7O2/c23-13-16-3-5-17(6-4-16)19-15-27-29(22(19)31)20-8-7-18(14-25-20)21(30)24-9-1-11-28-12-2-10-26-28/h2-8,10,12,14-15,31H,1,9,11H2,(H,24,30). The van der Waals surface area contributed by atoms with Gasteiger partial charge in [-0.3, -0.25) is 9.48 Å². The molecule has 154 valence electrons. The quantitative estimate of drug-likeness (QED) is 0.449. The molecule has 0 spiro atoms. The molecule has 4 rings (SSSR count). The molecule has 0 radical (unpaired) electrons. The molecular formula is C22H19N7O2. The monoisotopic (exact) mass is 413 g/mol. The molecule has 0 bridgehead atoms. The largest absolute Gasteiger partial charge is 0.493 e. The number of rotatable bonds is 7. The van der Waals surface area contributed by atoms with Gasteiger partial charge in [0.25, 0.3) is 5.91 Å². The number of carbonyl (C=O) groups is 1. The highest BCUT2D eigenvalue weighted by Crippen LogP contribution is 2.30. The van der Waals surface area contributed by atoms with Gasteiger partial charge in [0.2, 0.25) is 5.88 Å². The van der Waals surface area contributed by atoms with Crippen LogP contribution in [0.25, 0.3) is 16.9 Å². The Morgan fingerprint density at radius 1 is 1.13 bits per heavy atom. The van der Waals surface area contributed by atoms with Crippen molar-refractivity contribution in [2.24, 2.45) is 0 Å². The summed E-state index contributed by atoms with van der Waals surface area (Å²) >= 11 is 0. The summed E-state index contributed by atoms with van der Waals surface area (Å²) in [6, 6.07) is 14.0. The van der Waals surface area contributed by atoms with Crippen molar-refractivity contribution < 1.29 is 9.90 Å². The van der Waals surface area contributed by atoms with Gasteiger partial charge in [0.05, 0.1) is 29.0 Å². The fourth-order valence-corrected chi connectivity index (χ4v) is 3.06. The van der Waals surface area contributed by atoms with E-state index < -0.39 is 0 Å². The van der Waals surface area contributed by atoms with E-state index in [1.165, 1.54) is 17.1 Å². The van der Waals surface area contributed by atoms with Crippen LogP contribution in [-0.4, -0.2) is 42.1 Å². The molecule has 0 unspecified atom stereocenters. The van der Waals surface area contributed by atoms with Gasteiger partial charge in [0.15, 0.2) is 5.82 Å². The summed E-state index contributed by atoms with van der Waals surface area (Å²) in [7, 11) is 0. The van der Waals surface area contributed by atoms with Gasteiger partial charge in [0, 0.05) is 31.7 Å². The Morgan fingerprint density at radius 2 is 1.97 bits per heavy atom. The summed E-state index contributed by atoms with van der Waals surface area (Å²) in [4.78, 5) is 16.6. The van der Waals surface area contributed by atoms with Crippen LogP contribution in [0.4, 0.5) is 0 Å². The van der Waals surface area contributed by atoms with Crippen LogP contribution in [0.1, 0.15) is 22.3 Å². The third-order valence-electron chi connectivity index (χ3n) is 4.70. The van der Waals surface area contributed by atoms with E-state index in [1.807, 2.05) is 16.9 Å². The van der Waals surface area contributed by atoms with E-state index >= 15 is 0 Å². The van der Waals surface area contributed by atoms with E-state index in [-0.39, 0.29) is 11.8 Å². The Morgan fingerprint density at radius 3 is 2.65 bits per heavy atom. The van der Waals surface area contributed by atoms with Crippen LogP contribution >= 0.6 is 0 Å². The van der Waals surface area contributed by atoms with Gasteiger partial charge < -0.3 is 10.4 Å². The van der Waals surface area contributed by atoms with Gasteiger partial charge in [-0.15, -0.1) is 0 Å². The highest BCUT2D eigenvalue weighted by molar-refractivity contribution is 5.93. The van der Waals surface area contributed by atoms with Crippen LogP contribution < -0.4 is 5.32 Å². The van der Waals surface area contributed by atoms with Crippen molar-refractivity contribution in [3.63, 3.8) is 0 Å². The second-order valence-electron chi connectivity index (χ2n) is 6.77. The molecule has 31 heavy (non-hydrogen) atoms. The molecule has 4 aromatic rings. The first-order valence-corrected chi connectivity index (χ1v) is 9.65. The first-order valence-electron chi connectivity index (χ1n) is 9.65. The predicted molar refractivity (Wildman–Crippen MR) is 112 cm³/mol. The van der Waals surface area contributed by atoms with Crippen LogP contribution in [0, 0.1) is 11.3 Å². The van der Waals surface area contributed by atoms with E-state index in [9.17, 15) is 9.90 Å². The molecule has 0 atom stereocenters. The van der Waals surface area contributed by atoms with Gasteiger partial charge in [-0.2, -0.15) is 20.1 Å². The fourth-order valence-electron chi connectivity index (χ4n) is 3.06. The van der Waals surface area contributed by atoms with E-state index in [0.717, 1.165) is 18.5 Å². The summed E-state index contributed by atoms with van der Waals surface area (Å²) in [5.41, 5.74) is 2.20. The lowest BCUT2D eigenvalue weighted by Crippen LogP contribution is -2.25. The molecule has 0 aliphatic rings. The maximum atomic E-state index is 12.3. The molecule has 0 fully saturated rings. The van der Waals surface area contributed by atoms with Crippen molar-refractivity contribution in [1.29, 1.82) is 5.26 Å². The number of nitrogens with one attached hydrogen (secondary N) is 1. The van der Waals surface area contributed by atoms with Crippen molar-refractivity contribution in [2.45, 2.75) is 13.0 Å². The van der Waals surface area contributed by atoms with Crippen LogP contribution in [0.15, 0.2) is 67.3 Å². The number of hydrogen-bond acceptors (Lipinski definition) is 6. The summed E-state index contributed by atoms with van der Waals surface area (Å²) < 4.78 is 3.10. The predicted octanol–water partition coefficient (Wildman–Crippen LogP) is 2.53. The molecular weight excluding hydrogens is 394 g/mol. The molecule has 2 N–H and O–H groups in total. The minimum absolute atomic E-state index is 0.0759. The SMILES string of the molecule is N#Cc1ccc(-c2cnn(-c3ccc(C(=O)NCCCn4cccn4)cn3)c2O)cc1. The fraction of sp³-hybridized carbons (Fsp3) is 0.136. The Labute approximate surface area is 178 Å². The Bertz CT molecular complexity index is 1200. The van der Waals surface area contributed by atoms with Crippen molar-refractivity contribution in [3.05, 3.63) is 78.4 Å². The van der Waals surface area contributed by atoms with Crippen LogP contribution in [0.3, 0.4) is 0 Å². The average Bonchev–Trinajstić information content (AvgIpc) is 3.46. The third kappa shape index (κ3) is 4.43. The van der Waals surface area contributed by atoms with Gasteiger partial charge in [0.1, 0.15) is 0 Å². The van der Waals surface area contributed by atoms with Crippen molar-refractivity contribution >= 4 is 5.91 Å². The summed E-state index contributed by atoms with van der Waals surface area (Å²) in [6.07, 6.45) is 7.33. The minimum atomic E-state index is -0.220. The van der Waals surface area contributed by atoms with Crippen LogP contribution in [-0.2, 0) is 6.54 Å². The van der Waals surface area contributed by atoms with E-state index in [2.05, 4.69) is 26.6 Å². The molecule has 0 aliphatic carbocycles. The lowest BCUT2D eigenvalue weighted by atomic mass is 10.1. The molecule has 1 amide bonds. The van der Waals surface area contributed by atoms with Gasteiger partial charge in [-0.25, -0.2) is 4.98 Å². The van der Waals surface area contributed by atoms with E-state index in [4.69, 9.17) is 5.26 Å². The zero-order chi connectivity index (χ0) is 21.6. The number of carbonyl (C=O) groups excluding carboxylic acids is 1. The highest BCUT2D eigenvalue weighted by Gasteiger charge is 2.14. The maximum absolute atomic E-state index is 12.3. The molecule has 3 aromatic heterocycles. The Kier molecular flexibility index (Phi) is 5.71. The van der Waals surface area contributed by atoms with Gasteiger partial charge in [-0.05, 0) is 42.3 Å². The molecule has 0 aliphatic heterocycles. The number of benzene rings is 1.